The molecule has 0 unspecified atom stereocenters. The van der Waals surface area contributed by atoms with E-state index in [0.717, 1.165) is 0 Å². The second-order valence-electron chi connectivity index (χ2n) is 5.09. The summed E-state index contributed by atoms with van der Waals surface area (Å²) in [5, 5.41) is -14.0. The van der Waals surface area contributed by atoms with Gasteiger partial charge in [0.05, 0.1) is 13.2 Å². The highest BCUT2D eigenvalue weighted by Crippen LogP contribution is 2.51. The lowest BCUT2D eigenvalue weighted by Crippen LogP contribution is -2.59. The van der Waals surface area contributed by atoms with Crippen LogP contribution in [0.5, 0.6) is 0 Å². The van der Waals surface area contributed by atoms with Gasteiger partial charge in [-0.25, -0.2) is 8.78 Å². The molecule has 0 N–H and O–H groups in total. The van der Waals surface area contributed by atoms with Gasteiger partial charge in [0.25, 0.3) is 0 Å². The normalized spacial score (nSPS) is 15.9. The lowest BCUT2D eigenvalue weighted by atomic mass is 10.3. The third-order valence-electron chi connectivity index (χ3n) is 2.91. The molecule has 0 saturated carbocycles. The van der Waals surface area contributed by atoms with Crippen molar-refractivity contribution in [1.29, 1.82) is 0 Å². The molecule has 0 atom stereocenters. The van der Waals surface area contributed by atoms with E-state index in [1.807, 2.05) is 0 Å². The Hall–Kier alpha value is -1.16. The van der Waals surface area contributed by atoms with E-state index in [4.69, 9.17) is 0 Å². The predicted octanol–water partition coefficient (Wildman–Crippen LogP) is 3.65. The van der Waals surface area contributed by atoms with Gasteiger partial charge in [-0.05, 0) is 6.42 Å². The van der Waals surface area contributed by atoms with Crippen LogP contribution < -0.4 is 0 Å². The van der Waals surface area contributed by atoms with E-state index in [0.29, 0.717) is 0 Å². The van der Waals surface area contributed by atoms with Gasteiger partial charge in [-0.3, -0.25) is 8.37 Å². The van der Waals surface area contributed by atoms with Crippen LogP contribution in [0.25, 0.3) is 0 Å². The first-order chi connectivity index (χ1) is 13.2. The number of hydrogen-bond acceptors (Lipinski definition) is 6. The highest BCUT2D eigenvalue weighted by atomic mass is 32.2. The summed E-state index contributed by atoms with van der Waals surface area (Å²) in [6.07, 6.45) is -30.3. The van der Waals surface area contributed by atoms with Crippen LogP contribution in [0.2, 0.25) is 0 Å². The Morgan fingerprint density at radius 3 is 0.806 bits per heavy atom. The molecule has 0 aliphatic heterocycles. The summed E-state index contributed by atoms with van der Waals surface area (Å²) in [7, 11) is -14.6. The molecule has 0 amide bonds. The smallest absolute Gasteiger partial charge is 0.267 e. The average molecular weight is 540 g/mol. The second-order valence-corrected chi connectivity index (χ2v) is 8.50. The van der Waals surface area contributed by atoms with Crippen molar-refractivity contribution < 1.29 is 86.7 Å². The zero-order valence-electron chi connectivity index (χ0n) is 13.7. The van der Waals surface area contributed by atoms with E-state index in [-0.39, 0.29) is 0 Å². The SMILES string of the molecule is O=S(=O)(OCCCOS(=O)(=O)C(F)(C(F)(F)F)C(F)(F)F)C(F)(C(F)(F)F)C(F)(F)F. The van der Waals surface area contributed by atoms with Crippen LogP contribution in [0, 0.1) is 0 Å². The van der Waals surface area contributed by atoms with Gasteiger partial charge in [0, 0.05) is 0 Å². The van der Waals surface area contributed by atoms with E-state index < -0.39 is 74.6 Å². The first-order valence-electron chi connectivity index (χ1n) is 6.63. The lowest BCUT2D eigenvalue weighted by molar-refractivity contribution is -0.308. The Labute approximate surface area is 162 Å². The minimum absolute atomic E-state index is 1.66. The van der Waals surface area contributed by atoms with E-state index in [1.54, 1.807) is 0 Å². The van der Waals surface area contributed by atoms with Gasteiger partial charge in [-0.2, -0.15) is 69.5 Å². The van der Waals surface area contributed by atoms with Crippen molar-refractivity contribution in [3.8, 4) is 0 Å². The predicted molar refractivity (Wildman–Crippen MR) is 66.3 cm³/mol. The standard InChI is InChI=1S/C9H6F14O6S2/c10-4(6(12,13)14,7(15,16)17)30(24,25)28-2-1-3-29-31(26,27)5(11,8(18,19)20)9(21,22)23/h1-3H2. The van der Waals surface area contributed by atoms with Crippen molar-refractivity contribution in [2.75, 3.05) is 13.2 Å². The van der Waals surface area contributed by atoms with E-state index >= 15 is 0 Å². The summed E-state index contributed by atoms with van der Waals surface area (Å²) in [4.78, 5) is 0. The zero-order valence-corrected chi connectivity index (χ0v) is 15.3. The molecule has 0 aliphatic carbocycles. The van der Waals surface area contributed by atoms with Crippen molar-refractivity contribution in [2.24, 2.45) is 0 Å². The van der Waals surface area contributed by atoms with Crippen LogP contribution >= 0.6 is 0 Å². The molecule has 0 fully saturated rings. The topological polar surface area (TPSA) is 86.7 Å². The summed E-state index contributed by atoms with van der Waals surface area (Å²) in [5.74, 6) is 0. The Morgan fingerprint density at radius 1 is 0.452 bits per heavy atom. The summed E-state index contributed by atoms with van der Waals surface area (Å²) < 4.78 is 224. The molecule has 0 saturated heterocycles. The minimum Gasteiger partial charge on any atom is -0.267 e. The van der Waals surface area contributed by atoms with Gasteiger partial charge in [-0.1, -0.05) is 0 Å². The van der Waals surface area contributed by atoms with Crippen molar-refractivity contribution >= 4 is 20.2 Å². The molecule has 0 bridgehead atoms. The van der Waals surface area contributed by atoms with Gasteiger partial charge in [0.2, 0.25) is 0 Å². The Balaban J connectivity index is 5.42. The maximum atomic E-state index is 13.3. The molecule has 22 heteroatoms. The zero-order chi connectivity index (χ0) is 25.5. The van der Waals surface area contributed by atoms with Crippen LogP contribution in [-0.2, 0) is 28.6 Å². The van der Waals surface area contributed by atoms with Gasteiger partial charge in [0.15, 0.2) is 0 Å². The van der Waals surface area contributed by atoms with Gasteiger partial charge in [0.1, 0.15) is 0 Å². The van der Waals surface area contributed by atoms with E-state index in [1.165, 1.54) is 0 Å². The highest BCUT2D eigenvalue weighted by Gasteiger charge is 2.82. The molecule has 188 valence electrons. The third-order valence-corrected chi connectivity index (χ3v) is 6.17. The van der Waals surface area contributed by atoms with Crippen molar-refractivity contribution in [3.63, 3.8) is 0 Å². The van der Waals surface area contributed by atoms with Crippen LogP contribution in [-0.4, -0.2) is 64.8 Å². The number of hydrogen-bond donors (Lipinski definition) is 0. The van der Waals surface area contributed by atoms with Crippen LogP contribution in [0.3, 0.4) is 0 Å². The van der Waals surface area contributed by atoms with Gasteiger partial charge in [-0.15, -0.1) is 0 Å². The number of halogens is 14. The summed E-state index contributed by atoms with van der Waals surface area (Å²) in [6.45, 7) is -4.12. The van der Waals surface area contributed by atoms with Crippen molar-refractivity contribution in [2.45, 2.75) is 41.1 Å². The van der Waals surface area contributed by atoms with E-state index in [9.17, 15) is 78.3 Å². The monoisotopic (exact) mass is 540 g/mol. The Morgan fingerprint density at radius 2 is 0.645 bits per heavy atom. The van der Waals surface area contributed by atoms with Crippen LogP contribution in [0.1, 0.15) is 6.42 Å². The quantitative estimate of drug-likeness (QED) is 0.266. The first-order valence-corrected chi connectivity index (χ1v) is 9.45. The molecular formula is C9H6F14O6S2. The first kappa shape index (κ1) is 29.8. The summed E-state index contributed by atoms with van der Waals surface area (Å²) in [6, 6.07) is 0. The largest absolute Gasteiger partial charge is 0.449 e. The Kier molecular flexibility index (Phi) is 8.01. The van der Waals surface area contributed by atoms with Crippen LogP contribution in [0.4, 0.5) is 61.5 Å². The van der Waals surface area contributed by atoms with Crippen molar-refractivity contribution in [3.05, 3.63) is 0 Å². The molecule has 0 aromatic heterocycles. The molecule has 0 aliphatic rings. The van der Waals surface area contributed by atoms with Crippen LogP contribution in [0.15, 0.2) is 0 Å². The minimum atomic E-state index is -7.28. The fraction of sp³-hybridized carbons (Fsp3) is 1.00. The summed E-state index contributed by atoms with van der Waals surface area (Å²) >= 11 is 0. The molecular weight excluding hydrogens is 534 g/mol. The number of rotatable bonds is 8. The fourth-order valence-electron chi connectivity index (χ4n) is 1.45. The molecule has 0 aromatic carbocycles. The lowest BCUT2D eigenvalue weighted by Gasteiger charge is -2.29. The Bertz CT molecular complexity index is 735. The van der Waals surface area contributed by atoms with Gasteiger partial charge < -0.3 is 0 Å². The average Bonchev–Trinajstić information content (AvgIpc) is 2.47. The molecule has 31 heavy (non-hydrogen) atoms. The molecule has 0 spiro atoms. The molecule has 0 heterocycles. The second kappa shape index (κ2) is 8.32. The van der Waals surface area contributed by atoms with Gasteiger partial charge >= 0.3 is 54.9 Å². The maximum absolute atomic E-state index is 13.3. The van der Waals surface area contributed by atoms with Crippen molar-refractivity contribution in [1.82, 2.24) is 0 Å². The molecule has 0 aromatic rings. The molecule has 0 rings (SSSR count). The summed E-state index contributed by atoms with van der Waals surface area (Å²) in [5.41, 5.74) is 0. The number of alkyl halides is 14. The maximum Gasteiger partial charge on any atom is 0.449 e. The molecule has 0 radical (unpaired) electrons. The molecule has 6 nitrogen and oxygen atoms in total. The van der Waals surface area contributed by atoms with E-state index in [2.05, 4.69) is 8.37 Å². The fourth-order valence-corrected chi connectivity index (χ4v) is 3.58. The third kappa shape index (κ3) is 5.26. The highest BCUT2D eigenvalue weighted by molar-refractivity contribution is 7.88.